The smallest absolute Gasteiger partial charge is 0.243 e. The zero-order valence-corrected chi connectivity index (χ0v) is 18.4. The van der Waals surface area contributed by atoms with Gasteiger partial charge in [0.05, 0.1) is 11.3 Å². The van der Waals surface area contributed by atoms with Crippen LogP contribution in [0, 0.1) is 26.2 Å². The van der Waals surface area contributed by atoms with Crippen molar-refractivity contribution in [3.8, 4) is 0 Å². The third-order valence-electron chi connectivity index (χ3n) is 5.41. The van der Waals surface area contributed by atoms with Crippen LogP contribution < -0.4 is 5.73 Å². The topological polar surface area (TPSA) is 108 Å². The summed E-state index contributed by atoms with van der Waals surface area (Å²) in [7, 11) is -3.60. The second-order valence-corrected chi connectivity index (χ2v) is 9.67. The summed E-state index contributed by atoms with van der Waals surface area (Å²) in [6.45, 7) is 6.90. The number of carbonyl (C=O) groups excluding carboxylic acids is 1. The molecular formula is C22H28N4O3S. The Morgan fingerprint density at radius 2 is 1.53 bits per heavy atom. The maximum absolute atomic E-state index is 13.2. The van der Waals surface area contributed by atoms with Gasteiger partial charge in [0.25, 0.3) is 0 Å². The normalized spacial score (nSPS) is 15.2. The lowest BCUT2D eigenvalue weighted by Gasteiger charge is -2.34. The fourth-order valence-corrected chi connectivity index (χ4v) is 5.80. The van der Waals surface area contributed by atoms with E-state index in [-0.39, 0.29) is 31.3 Å². The highest BCUT2D eigenvalue weighted by molar-refractivity contribution is 7.89. The minimum absolute atomic E-state index is 0.00995. The number of nitrogens with two attached hydrogens (primary N) is 1. The largest absolute Gasteiger partial charge is 0.384 e. The number of nitrogens with one attached hydrogen (secondary N) is 1. The van der Waals surface area contributed by atoms with Crippen molar-refractivity contribution in [1.29, 1.82) is 5.41 Å². The van der Waals surface area contributed by atoms with Gasteiger partial charge in [-0.15, -0.1) is 0 Å². The van der Waals surface area contributed by atoms with Crippen LogP contribution in [0.2, 0.25) is 0 Å². The molecule has 1 fully saturated rings. The Labute approximate surface area is 178 Å². The third kappa shape index (κ3) is 4.55. The van der Waals surface area contributed by atoms with E-state index in [1.807, 2.05) is 32.9 Å². The van der Waals surface area contributed by atoms with Crippen molar-refractivity contribution in [2.45, 2.75) is 32.1 Å². The molecular weight excluding hydrogens is 400 g/mol. The molecule has 1 heterocycles. The summed E-state index contributed by atoms with van der Waals surface area (Å²) < 4.78 is 27.9. The molecule has 3 rings (SSSR count). The minimum atomic E-state index is -3.60. The second-order valence-electron chi connectivity index (χ2n) is 7.80. The van der Waals surface area contributed by atoms with Crippen molar-refractivity contribution >= 4 is 21.8 Å². The van der Waals surface area contributed by atoms with Crippen LogP contribution in [0.15, 0.2) is 41.3 Å². The first-order valence-corrected chi connectivity index (χ1v) is 11.3. The summed E-state index contributed by atoms with van der Waals surface area (Å²) in [6.07, 6.45) is 0.237. The summed E-state index contributed by atoms with van der Waals surface area (Å²) in [5.41, 5.74) is 9.45. The van der Waals surface area contributed by atoms with Gasteiger partial charge in [0.1, 0.15) is 5.84 Å². The Bertz CT molecular complexity index is 1050. The second kappa shape index (κ2) is 8.57. The molecule has 0 saturated carbocycles. The van der Waals surface area contributed by atoms with E-state index < -0.39 is 10.0 Å². The summed E-state index contributed by atoms with van der Waals surface area (Å²) >= 11 is 0. The predicted octanol–water partition coefficient (Wildman–Crippen LogP) is 1.97. The number of amidine groups is 1. The van der Waals surface area contributed by atoms with Crippen molar-refractivity contribution in [3.05, 3.63) is 64.2 Å². The molecule has 3 N–H and O–H groups in total. The number of aryl methyl sites for hydroxylation is 3. The van der Waals surface area contributed by atoms with Gasteiger partial charge >= 0.3 is 0 Å². The molecule has 1 aliphatic heterocycles. The highest BCUT2D eigenvalue weighted by Gasteiger charge is 2.32. The van der Waals surface area contributed by atoms with Crippen LogP contribution in [0.1, 0.15) is 27.8 Å². The first kappa shape index (κ1) is 22.0. The first-order valence-electron chi connectivity index (χ1n) is 9.88. The highest BCUT2D eigenvalue weighted by Crippen LogP contribution is 2.26. The predicted molar refractivity (Wildman–Crippen MR) is 117 cm³/mol. The zero-order chi connectivity index (χ0) is 22.1. The van der Waals surface area contributed by atoms with Gasteiger partial charge in [-0.05, 0) is 37.5 Å². The van der Waals surface area contributed by atoms with E-state index in [0.29, 0.717) is 23.5 Å². The van der Waals surface area contributed by atoms with Gasteiger partial charge < -0.3 is 10.6 Å². The van der Waals surface area contributed by atoms with Gasteiger partial charge in [-0.3, -0.25) is 10.2 Å². The van der Waals surface area contributed by atoms with E-state index in [1.165, 1.54) is 4.31 Å². The lowest BCUT2D eigenvalue weighted by atomic mass is 10.1. The molecule has 0 bridgehead atoms. The molecule has 1 saturated heterocycles. The molecule has 1 aliphatic rings. The number of rotatable bonds is 5. The Morgan fingerprint density at radius 3 is 2.03 bits per heavy atom. The third-order valence-corrected chi connectivity index (χ3v) is 7.62. The number of nitrogens with zero attached hydrogens (tertiary/aromatic N) is 2. The molecule has 2 aromatic rings. The van der Waals surface area contributed by atoms with Crippen LogP contribution in [0.3, 0.4) is 0 Å². The number of piperazine rings is 1. The Balaban J connectivity index is 1.65. The Hall–Kier alpha value is -2.71. The number of amides is 1. The van der Waals surface area contributed by atoms with E-state index >= 15 is 0 Å². The van der Waals surface area contributed by atoms with Crippen LogP contribution in [-0.2, 0) is 21.2 Å². The molecule has 160 valence electrons. The summed E-state index contributed by atoms with van der Waals surface area (Å²) in [5, 5.41) is 7.43. The molecule has 0 radical (unpaired) electrons. The fourth-order valence-electron chi connectivity index (χ4n) is 3.97. The fraction of sp³-hybridized carbons (Fsp3) is 0.364. The standard InChI is InChI=1S/C22H28N4O3S/c1-15-12-16(2)21(17(3)13-15)30(28,29)26-10-8-25(9-11-26)20(27)14-18-4-6-19(7-5-18)22(23)24/h4-7,12-13H,8-11,14H2,1-3H3,(H3,23,24). The first-order chi connectivity index (χ1) is 14.1. The van der Waals surface area contributed by atoms with Crippen LogP contribution in [0.4, 0.5) is 0 Å². The highest BCUT2D eigenvalue weighted by atomic mass is 32.2. The van der Waals surface area contributed by atoms with Crippen LogP contribution >= 0.6 is 0 Å². The average molecular weight is 429 g/mol. The number of sulfonamides is 1. The van der Waals surface area contributed by atoms with Gasteiger partial charge in [0, 0.05) is 31.7 Å². The van der Waals surface area contributed by atoms with E-state index in [1.54, 1.807) is 29.2 Å². The summed E-state index contributed by atoms with van der Waals surface area (Å²) in [4.78, 5) is 14.7. The number of hydrogen-bond donors (Lipinski definition) is 2. The monoisotopic (exact) mass is 428 g/mol. The number of hydrogen-bond acceptors (Lipinski definition) is 4. The molecule has 7 nitrogen and oxygen atoms in total. The molecule has 30 heavy (non-hydrogen) atoms. The number of benzene rings is 2. The Morgan fingerprint density at radius 1 is 1.00 bits per heavy atom. The van der Waals surface area contributed by atoms with Gasteiger partial charge in [-0.25, -0.2) is 8.42 Å². The quantitative estimate of drug-likeness (QED) is 0.561. The Kier molecular flexibility index (Phi) is 6.28. The van der Waals surface area contributed by atoms with E-state index in [4.69, 9.17) is 11.1 Å². The van der Waals surface area contributed by atoms with Crippen molar-refractivity contribution in [3.63, 3.8) is 0 Å². The van der Waals surface area contributed by atoms with Gasteiger partial charge in [-0.1, -0.05) is 42.0 Å². The maximum Gasteiger partial charge on any atom is 0.243 e. The van der Waals surface area contributed by atoms with Gasteiger partial charge in [0.2, 0.25) is 15.9 Å². The molecule has 0 unspecified atom stereocenters. The summed E-state index contributed by atoms with van der Waals surface area (Å²) in [6, 6.07) is 10.8. The average Bonchev–Trinajstić information content (AvgIpc) is 2.67. The van der Waals surface area contributed by atoms with Crippen molar-refractivity contribution < 1.29 is 13.2 Å². The van der Waals surface area contributed by atoms with Crippen LogP contribution in [0.5, 0.6) is 0 Å². The van der Waals surface area contributed by atoms with Gasteiger partial charge in [-0.2, -0.15) is 4.31 Å². The number of nitrogen functional groups attached to an aromatic ring is 1. The molecule has 8 heteroatoms. The molecule has 0 aliphatic carbocycles. The molecule has 2 aromatic carbocycles. The molecule has 0 spiro atoms. The van der Waals surface area contributed by atoms with Crippen molar-refractivity contribution in [2.24, 2.45) is 5.73 Å². The number of carbonyl (C=O) groups is 1. The van der Waals surface area contributed by atoms with Crippen molar-refractivity contribution in [1.82, 2.24) is 9.21 Å². The van der Waals surface area contributed by atoms with Gasteiger partial charge in [0.15, 0.2) is 0 Å². The van der Waals surface area contributed by atoms with Crippen LogP contribution in [-0.4, -0.2) is 55.5 Å². The van der Waals surface area contributed by atoms with Crippen molar-refractivity contribution in [2.75, 3.05) is 26.2 Å². The summed E-state index contributed by atoms with van der Waals surface area (Å²) in [5.74, 6) is -0.0467. The maximum atomic E-state index is 13.2. The zero-order valence-electron chi connectivity index (χ0n) is 17.6. The van der Waals surface area contributed by atoms with E-state index in [2.05, 4.69) is 0 Å². The SMILES string of the molecule is Cc1cc(C)c(S(=O)(=O)N2CCN(C(=O)Cc3ccc(C(=N)N)cc3)CC2)c(C)c1. The van der Waals surface area contributed by atoms with E-state index in [0.717, 1.165) is 22.3 Å². The molecule has 0 aromatic heterocycles. The molecule has 0 atom stereocenters. The van der Waals surface area contributed by atoms with E-state index in [9.17, 15) is 13.2 Å². The molecule has 1 amide bonds. The van der Waals surface area contributed by atoms with Crippen LogP contribution in [0.25, 0.3) is 0 Å². The lowest BCUT2D eigenvalue weighted by Crippen LogP contribution is -2.51. The minimum Gasteiger partial charge on any atom is -0.384 e. The lowest BCUT2D eigenvalue weighted by molar-refractivity contribution is -0.131.